The largest absolute Gasteiger partial charge is 0.497 e. The molecule has 0 aliphatic rings. The summed E-state index contributed by atoms with van der Waals surface area (Å²) in [5, 5.41) is 0. The quantitative estimate of drug-likeness (QED) is 0.417. The van der Waals surface area contributed by atoms with Crippen molar-refractivity contribution in [2.24, 2.45) is 4.99 Å². The molecule has 1 aromatic carbocycles. The van der Waals surface area contributed by atoms with Gasteiger partial charge in [0, 0.05) is 18.6 Å². The topological polar surface area (TPSA) is 21.6 Å². The molecule has 2 nitrogen and oxygen atoms in total. The van der Waals surface area contributed by atoms with Gasteiger partial charge in [-0.25, -0.2) is 0 Å². The summed E-state index contributed by atoms with van der Waals surface area (Å²) in [4.78, 5) is 4.24. The maximum atomic E-state index is 5.53. The highest BCUT2D eigenvalue weighted by Crippen LogP contribution is 2.09. The zero-order chi connectivity index (χ0) is 10.2. The molecule has 0 bridgehead atoms. The number of nitrogens with zero attached hydrogens (tertiary/aromatic N) is 1. The van der Waals surface area contributed by atoms with Crippen molar-refractivity contribution < 1.29 is 4.74 Å². The van der Waals surface area contributed by atoms with Crippen molar-refractivity contribution in [1.82, 2.24) is 0 Å². The molecule has 0 aliphatic carbocycles. The van der Waals surface area contributed by atoms with Crippen molar-refractivity contribution in [2.75, 3.05) is 19.5 Å². The number of aliphatic imine (C=N–C) groups is 1. The van der Waals surface area contributed by atoms with Gasteiger partial charge in [0.1, 0.15) is 5.75 Å². The van der Waals surface area contributed by atoms with Crippen LogP contribution in [-0.2, 0) is 0 Å². The number of rotatable bonds is 5. The Hall–Kier alpha value is -1.02. The van der Waals surface area contributed by atoms with E-state index in [1.54, 1.807) is 7.11 Å². The first-order valence-electron chi connectivity index (χ1n) is 4.56. The molecule has 0 saturated heterocycles. The molecule has 0 fully saturated rings. The third kappa shape index (κ3) is 3.79. The smallest absolute Gasteiger partial charge is 0.118 e. The van der Waals surface area contributed by atoms with Gasteiger partial charge in [-0.3, -0.25) is 4.99 Å². The van der Waals surface area contributed by atoms with Crippen molar-refractivity contribution in [3.05, 3.63) is 29.8 Å². The molecular formula is C11H14ClNO. The Labute approximate surface area is 89.6 Å². The second-order valence-electron chi connectivity index (χ2n) is 2.85. The standard InChI is InChI=1S/C11H14ClNO/c1-14-11-5-3-10(4-6-11)9-13-8-2-7-12/h3-6,9H,2,7-8H2,1H3. The molecule has 76 valence electrons. The monoisotopic (exact) mass is 211 g/mol. The maximum absolute atomic E-state index is 5.53. The van der Waals surface area contributed by atoms with Crippen LogP contribution in [-0.4, -0.2) is 25.7 Å². The van der Waals surface area contributed by atoms with Crippen LogP contribution < -0.4 is 4.74 Å². The van der Waals surface area contributed by atoms with Gasteiger partial charge < -0.3 is 4.74 Å². The molecule has 0 radical (unpaired) electrons. The van der Waals surface area contributed by atoms with E-state index in [4.69, 9.17) is 16.3 Å². The van der Waals surface area contributed by atoms with E-state index in [9.17, 15) is 0 Å². The van der Waals surface area contributed by atoms with Crippen molar-refractivity contribution in [1.29, 1.82) is 0 Å². The van der Waals surface area contributed by atoms with Crippen LogP contribution in [0.15, 0.2) is 29.3 Å². The number of benzene rings is 1. The van der Waals surface area contributed by atoms with E-state index < -0.39 is 0 Å². The van der Waals surface area contributed by atoms with Gasteiger partial charge in [0.15, 0.2) is 0 Å². The number of alkyl halides is 1. The number of hydrogen-bond donors (Lipinski definition) is 0. The minimum Gasteiger partial charge on any atom is -0.497 e. The first-order chi connectivity index (χ1) is 6.86. The van der Waals surface area contributed by atoms with Gasteiger partial charge in [-0.05, 0) is 36.2 Å². The minimum atomic E-state index is 0.667. The average Bonchev–Trinajstić information content (AvgIpc) is 2.25. The number of methoxy groups -OCH3 is 1. The van der Waals surface area contributed by atoms with E-state index in [-0.39, 0.29) is 0 Å². The molecule has 0 saturated carbocycles. The van der Waals surface area contributed by atoms with Crippen LogP contribution in [0, 0.1) is 0 Å². The lowest BCUT2D eigenvalue weighted by molar-refractivity contribution is 0.415. The van der Waals surface area contributed by atoms with E-state index in [0.717, 1.165) is 24.3 Å². The Bertz CT molecular complexity index is 282. The van der Waals surface area contributed by atoms with E-state index in [1.807, 2.05) is 30.5 Å². The van der Waals surface area contributed by atoms with E-state index in [2.05, 4.69) is 4.99 Å². The number of hydrogen-bond acceptors (Lipinski definition) is 2. The highest BCUT2D eigenvalue weighted by Gasteiger charge is 1.89. The molecule has 0 spiro atoms. The fraction of sp³-hybridized carbons (Fsp3) is 0.364. The van der Waals surface area contributed by atoms with Crippen LogP contribution in [0.5, 0.6) is 5.75 Å². The van der Waals surface area contributed by atoms with Crippen LogP contribution in [0.25, 0.3) is 0 Å². The highest BCUT2D eigenvalue weighted by atomic mass is 35.5. The lowest BCUT2D eigenvalue weighted by Crippen LogP contribution is -1.87. The zero-order valence-electron chi connectivity index (χ0n) is 8.24. The Balaban J connectivity index is 2.47. The van der Waals surface area contributed by atoms with Crippen molar-refractivity contribution in [3.8, 4) is 5.75 Å². The molecule has 0 heterocycles. The van der Waals surface area contributed by atoms with Crippen molar-refractivity contribution in [2.45, 2.75) is 6.42 Å². The Morgan fingerprint density at radius 1 is 1.36 bits per heavy atom. The summed E-state index contributed by atoms with van der Waals surface area (Å²) in [6, 6.07) is 7.79. The summed E-state index contributed by atoms with van der Waals surface area (Å²) >= 11 is 5.53. The summed E-state index contributed by atoms with van der Waals surface area (Å²) in [5.41, 5.74) is 1.08. The highest BCUT2D eigenvalue weighted by molar-refractivity contribution is 6.17. The Kier molecular flexibility index (Phi) is 5.08. The molecular weight excluding hydrogens is 198 g/mol. The van der Waals surface area contributed by atoms with Crippen LogP contribution in [0.1, 0.15) is 12.0 Å². The fourth-order valence-corrected chi connectivity index (χ4v) is 1.13. The lowest BCUT2D eigenvalue weighted by Gasteiger charge is -1.98. The lowest BCUT2D eigenvalue weighted by atomic mass is 10.2. The van der Waals surface area contributed by atoms with Gasteiger partial charge in [-0.1, -0.05) is 0 Å². The molecule has 0 amide bonds. The van der Waals surface area contributed by atoms with Gasteiger partial charge in [-0.2, -0.15) is 0 Å². The second-order valence-corrected chi connectivity index (χ2v) is 3.23. The van der Waals surface area contributed by atoms with Gasteiger partial charge in [0.2, 0.25) is 0 Å². The van der Waals surface area contributed by atoms with Gasteiger partial charge in [-0.15, -0.1) is 11.6 Å². The second kappa shape index (κ2) is 6.44. The molecule has 0 N–H and O–H groups in total. The Morgan fingerprint density at radius 2 is 2.07 bits per heavy atom. The molecule has 14 heavy (non-hydrogen) atoms. The summed E-state index contributed by atoms with van der Waals surface area (Å²) in [6.45, 7) is 0.787. The Morgan fingerprint density at radius 3 is 2.64 bits per heavy atom. The average molecular weight is 212 g/mol. The predicted molar refractivity (Wildman–Crippen MR) is 60.8 cm³/mol. The zero-order valence-corrected chi connectivity index (χ0v) is 9.00. The summed E-state index contributed by atoms with van der Waals surface area (Å²) in [7, 11) is 1.66. The van der Waals surface area contributed by atoms with Crippen molar-refractivity contribution >= 4 is 17.8 Å². The molecule has 0 aromatic heterocycles. The third-order valence-corrected chi connectivity index (χ3v) is 2.04. The maximum Gasteiger partial charge on any atom is 0.118 e. The number of halogens is 1. The van der Waals surface area contributed by atoms with Crippen LogP contribution >= 0.6 is 11.6 Å². The van der Waals surface area contributed by atoms with Crippen LogP contribution in [0.3, 0.4) is 0 Å². The van der Waals surface area contributed by atoms with E-state index >= 15 is 0 Å². The molecule has 3 heteroatoms. The summed E-state index contributed by atoms with van der Waals surface area (Å²) in [5.74, 6) is 1.53. The minimum absolute atomic E-state index is 0.667. The normalized spacial score (nSPS) is 10.7. The molecule has 0 unspecified atom stereocenters. The fourth-order valence-electron chi connectivity index (χ4n) is 1.01. The number of ether oxygens (including phenoxy) is 1. The first kappa shape index (κ1) is 11.1. The van der Waals surface area contributed by atoms with Crippen LogP contribution in [0.4, 0.5) is 0 Å². The molecule has 0 atom stereocenters. The van der Waals surface area contributed by atoms with Crippen LogP contribution in [0.2, 0.25) is 0 Å². The van der Waals surface area contributed by atoms with Gasteiger partial charge in [0.05, 0.1) is 7.11 Å². The first-order valence-corrected chi connectivity index (χ1v) is 5.10. The summed E-state index contributed by atoms with van der Waals surface area (Å²) in [6.07, 6.45) is 2.78. The SMILES string of the molecule is COc1ccc(C=NCCCCl)cc1. The summed E-state index contributed by atoms with van der Waals surface area (Å²) < 4.78 is 5.05. The van der Waals surface area contributed by atoms with Crippen molar-refractivity contribution in [3.63, 3.8) is 0 Å². The third-order valence-electron chi connectivity index (χ3n) is 1.78. The van der Waals surface area contributed by atoms with E-state index in [1.165, 1.54) is 0 Å². The molecule has 1 aromatic rings. The molecule has 0 aliphatic heterocycles. The van der Waals surface area contributed by atoms with Gasteiger partial charge in [0.25, 0.3) is 0 Å². The van der Waals surface area contributed by atoms with E-state index in [0.29, 0.717) is 5.88 Å². The molecule has 1 rings (SSSR count). The van der Waals surface area contributed by atoms with Gasteiger partial charge >= 0.3 is 0 Å². The predicted octanol–water partition coefficient (Wildman–Crippen LogP) is 2.74.